The molecule has 3 rings (SSSR count). The van der Waals surface area contributed by atoms with E-state index < -0.39 is 7.82 Å². The van der Waals surface area contributed by atoms with E-state index >= 15 is 0 Å². The van der Waals surface area contributed by atoms with Crippen molar-refractivity contribution in [2.24, 2.45) is 0 Å². The molecule has 0 amide bonds. The Balaban J connectivity index is 1.60. The van der Waals surface area contributed by atoms with Gasteiger partial charge in [-0.1, -0.05) is 0 Å². The van der Waals surface area contributed by atoms with E-state index in [4.69, 9.17) is 13.6 Å². The first kappa shape index (κ1) is 18.5. The quantitative estimate of drug-likeness (QED) is 0.718. The van der Waals surface area contributed by atoms with Crippen LogP contribution in [-0.4, -0.2) is 49.8 Å². The lowest BCUT2D eigenvalue weighted by atomic mass is 10.1. The molecule has 1 saturated heterocycles. The smallest absolute Gasteiger partial charge is 0.361 e. The minimum Gasteiger partial charge on any atom is -0.361 e. The Morgan fingerprint density at radius 2 is 2.16 bits per heavy atom. The number of nitrogens with zero attached hydrogens (tertiary/aromatic N) is 1. The summed E-state index contributed by atoms with van der Waals surface area (Å²) in [5.74, 6) is -0.226. The van der Waals surface area contributed by atoms with Crippen LogP contribution in [0.25, 0.3) is 10.9 Å². The van der Waals surface area contributed by atoms with Crippen molar-refractivity contribution < 1.29 is 22.5 Å². The minimum absolute atomic E-state index is 0.181. The molecule has 138 valence electrons. The molecular weight excluding hydrogens is 346 g/mol. The van der Waals surface area contributed by atoms with Crippen molar-refractivity contribution in [3.8, 4) is 0 Å². The number of H-pyrrole nitrogens is 1. The predicted octanol–water partition coefficient (Wildman–Crippen LogP) is 3.73. The van der Waals surface area contributed by atoms with E-state index in [0.29, 0.717) is 6.61 Å². The number of phosphoric acid groups is 1. The van der Waals surface area contributed by atoms with Crippen LogP contribution in [0, 0.1) is 5.82 Å². The van der Waals surface area contributed by atoms with Crippen molar-refractivity contribution in [2.75, 3.05) is 33.9 Å². The molecule has 1 aromatic heterocycles. The molecule has 0 saturated carbocycles. The number of nitrogens with one attached hydrogen (secondary N) is 1. The summed E-state index contributed by atoms with van der Waals surface area (Å²) >= 11 is 0. The molecule has 1 aliphatic heterocycles. The van der Waals surface area contributed by atoms with Gasteiger partial charge in [0.05, 0.1) is 6.61 Å². The highest BCUT2D eigenvalue weighted by Gasteiger charge is 2.29. The van der Waals surface area contributed by atoms with Crippen LogP contribution >= 0.6 is 7.82 Å². The summed E-state index contributed by atoms with van der Waals surface area (Å²) in [6.07, 6.45) is 4.80. The lowest BCUT2D eigenvalue weighted by Gasteiger charge is -2.25. The van der Waals surface area contributed by atoms with Crippen molar-refractivity contribution in [1.29, 1.82) is 0 Å². The summed E-state index contributed by atoms with van der Waals surface area (Å²) in [7, 11) is -0.814. The fourth-order valence-electron chi connectivity index (χ4n) is 3.36. The summed E-state index contributed by atoms with van der Waals surface area (Å²) < 4.78 is 40.5. The van der Waals surface area contributed by atoms with E-state index in [1.54, 1.807) is 12.1 Å². The number of halogens is 1. The molecule has 8 heteroatoms. The maximum absolute atomic E-state index is 13.5. The Morgan fingerprint density at radius 3 is 2.92 bits per heavy atom. The van der Waals surface area contributed by atoms with Gasteiger partial charge in [-0.2, -0.15) is 0 Å². The molecule has 1 fully saturated rings. The fraction of sp³-hybridized carbons (Fsp3) is 0.529. The van der Waals surface area contributed by atoms with Crippen molar-refractivity contribution in [3.05, 3.63) is 35.8 Å². The maximum Gasteiger partial charge on any atom is 0.474 e. The number of rotatable bonds is 8. The first-order valence-corrected chi connectivity index (χ1v) is 9.86. The zero-order chi connectivity index (χ0) is 17.9. The van der Waals surface area contributed by atoms with Gasteiger partial charge in [-0.25, -0.2) is 8.96 Å². The summed E-state index contributed by atoms with van der Waals surface area (Å²) in [6.45, 7) is 2.11. The second kappa shape index (κ2) is 7.98. The Bertz CT molecular complexity index is 758. The predicted molar refractivity (Wildman–Crippen MR) is 94.1 cm³/mol. The van der Waals surface area contributed by atoms with Gasteiger partial charge < -0.3 is 4.98 Å². The average Bonchev–Trinajstić information content (AvgIpc) is 3.24. The maximum atomic E-state index is 13.5. The van der Waals surface area contributed by atoms with Crippen molar-refractivity contribution in [1.82, 2.24) is 9.88 Å². The number of aromatic amines is 1. The molecule has 0 radical (unpaired) electrons. The van der Waals surface area contributed by atoms with Gasteiger partial charge >= 0.3 is 7.82 Å². The third kappa shape index (κ3) is 4.30. The third-order valence-electron chi connectivity index (χ3n) is 4.77. The fourth-order valence-corrected chi connectivity index (χ4v) is 4.07. The molecule has 0 spiro atoms. The Kier molecular flexibility index (Phi) is 5.92. The topological polar surface area (TPSA) is 63.8 Å². The lowest BCUT2D eigenvalue weighted by Crippen LogP contribution is -2.34. The van der Waals surface area contributed by atoms with E-state index in [2.05, 4.69) is 9.88 Å². The zero-order valence-electron chi connectivity index (χ0n) is 14.5. The first-order chi connectivity index (χ1) is 12.0. The van der Waals surface area contributed by atoms with E-state index in [1.165, 1.54) is 20.3 Å². The highest BCUT2D eigenvalue weighted by Crippen LogP contribution is 2.48. The largest absolute Gasteiger partial charge is 0.474 e. The van der Waals surface area contributed by atoms with Crippen LogP contribution in [0.2, 0.25) is 0 Å². The van der Waals surface area contributed by atoms with Crippen molar-refractivity contribution in [3.63, 3.8) is 0 Å². The molecule has 0 aliphatic carbocycles. The second-order valence-corrected chi connectivity index (χ2v) is 8.08. The van der Waals surface area contributed by atoms with Crippen LogP contribution in [-0.2, 0) is 24.6 Å². The third-order valence-corrected chi connectivity index (χ3v) is 6.13. The second-order valence-electron chi connectivity index (χ2n) is 6.19. The zero-order valence-corrected chi connectivity index (χ0v) is 15.4. The van der Waals surface area contributed by atoms with Crippen LogP contribution in [0.3, 0.4) is 0 Å². The van der Waals surface area contributed by atoms with Gasteiger partial charge in [-0.3, -0.25) is 18.5 Å². The lowest BCUT2D eigenvalue weighted by molar-refractivity contribution is 0.113. The Labute approximate surface area is 146 Å². The van der Waals surface area contributed by atoms with Crippen LogP contribution in [0.15, 0.2) is 24.4 Å². The van der Waals surface area contributed by atoms with E-state index in [9.17, 15) is 8.96 Å². The molecule has 2 aromatic rings. The van der Waals surface area contributed by atoms with Gasteiger partial charge in [0.1, 0.15) is 5.82 Å². The van der Waals surface area contributed by atoms with Crippen LogP contribution < -0.4 is 0 Å². The highest BCUT2D eigenvalue weighted by atomic mass is 31.2. The molecule has 25 heavy (non-hydrogen) atoms. The highest BCUT2D eigenvalue weighted by molar-refractivity contribution is 7.48. The van der Waals surface area contributed by atoms with Crippen molar-refractivity contribution >= 4 is 18.7 Å². The van der Waals surface area contributed by atoms with Gasteiger partial charge in [0, 0.05) is 43.9 Å². The molecule has 1 N–H and O–H groups in total. The normalized spacial score (nSPS) is 19.1. The monoisotopic (exact) mass is 370 g/mol. The van der Waals surface area contributed by atoms with Crippen LogP contribution in [0.4, 0.5) is 4.39 Å². The number of benzene rings is 1. The number of fused-ring (bicyclic) bond motifs is 1. The summed E-state index contributed by atoms with van der Waals surface area (Å²) in [5, 5.41) is 0.926. The molecule has 1 aliphatic rings. The standard InChI is InChI=1S/C17H24FN2O4P/c1-22-25(21,23-2)24-12-15-4-3-8-20(15)9-7-13-11-19-17-6-5-14(18)10-16(13)17/h5-6,10-11,15,19H,3-4,7-9,12H2,1-2H3/t15-/m0/s1. The van der Waals surface area contributed by atoms with E-state index in [-0.39, 0.29) is 11.9 Å². The molecule has 1 aromatic carbocycles. The van der Waals surface area contributed by atoms with Crippen LogP contribution in [0.1, 0.15) is 18.4 Å². The number of hydrogen-bond donors (Lipinski definition) is 1. The van der Waals surface area contributed by atoms with Gasteiger partial charge in [0.15, 0.2) is 0 Å². The molecule has 2 heterocycles. The number of hydrogen-bond acceptors (Lipinski definition) is 5. The summed E-state index contributed by atoms with van der Waals surface area (Å²) in [6, 6.07) is 4.97. The van der Waals surface area contributed by atoms with Gasteiger partial charge in [0.2, 0.25) is 0 Å². The molecule has 6 nitrogen and oxygen atoms in total. The van der Waals surface area contributed by atoms with Gasteiger partial charge in [-0.15, -0.1) is 0 Å². The minimum atomic E-state index is -3.44. The van der Waals surface area contributed by atoms with Crippen molar-refractivity contribution in [2.45, 2.75) is 25.3 Å². The summed E-state index contributed by atoms with van der Waals surface area (Å²) in [5.41, 5.74) is 2.04. The summed E-state index contributed by atoms with van der Waals surface area (Å²) in [4.78, 5) is 5.50. The number of aromatic nitrogens is 1. The van der Waals surface area contributed by atoms with Gasteiger partial charge in [-0.05, 0) is 49.6 Å². The molecule has 0 bridgehead atoms. The van der Waals surface area contributed by atoms with E-state index in [0.717, 1.165) is 48.8 Å². The molecule has 1 atom stereocenters. The van der Waals surface area contributed by atoms with E-state index in [1.807, 2.05) is 6.20 Å². The average molecular weight is 370 g/mol. The molecule has 0 unspecified atom stereocenters. The number of likely N-dealkylation sites (tertiary alicyclic amines) is 1. The van der Waals surface area contributed by atoms with Gasteiger partial charge in [0.25, 0.3) is 0 Å². The SMILES string of the molecule is COP(=O)(OC)OC[C@@H]1CCCN1CCc1c[nH]c2ccc(F)cc12. The Hall–Kier alpha value is -1.24. The first-order valence-electron chi connectivity index (χ1n) is 8.40. The molecular formula is C17H24FN2O4P. The van der Waals surface area contributed by atoms with Crippen LogP contribution in [0.5, 0.6) is 0 Å². The number of phosphoric ester groups is 1. The Morgan fingerprint density at radius 1 is 1.36 bits per heavy atom.